The maximum Gasteiger partial charge on any atom is 0.226 e. The van der Waals surface area contributed by atoms with Crippen LogP contribution in [0, 0.1) is 0 Å². The third-order valence-corrected chi connectivity index (χ3v) is 7.46. The van der Waals surface area contributed by atoms with E-state index in [0.29, 0.717) is 16.7 Å². The molecule has 0 bridgehead atoms. The van der Waals surface area contributed by atoms with Gasteiger partial charge in [-0.15, -0.1) is 0 Å². The standard InChI is InChI=1S/C30H25ClN6OS/c31-21-13-14-26(33-19-21)36-17-6-12-25(36)29-28(24-10-3-4-16-32-24)35-30(39)37(29)18-15-27(38)34-23-11-5-8-20-7-1-2-9-22(20)23/h1-14,16-17,19,28-29H,15,18H2,(H,34,38)(H,35,39)/t28-,29+/m1/s1. The number of hydrogen-bond donors (Lipinski definition) is 2. The van der Waals surface area contributed by atoms with Crippen molar-refractivity contribution in [2.24, 2.45) is 0 Å². The Bertz CT molecular complexity index is 1630. The highest BCUT2D eigenvalue weighted by molar-refractivity contribution is 7.80. The monoisotopic (exact) mass is 552 g/mol. The normalized spacial score (nSPS) is 16.8. The van der Waals surface area contributed by atoms with E-state index >= 15 is 0 Å². The molecule has 6 rings (SSSR count). The zero-order valence-corrected chi connectivity index (χ0v) is 22.4. The van der Waals surface area contributed by atoms with E-state index in [1.807, 2.05) is 89.6 Å². The van der Waals surface area contributed by atoms with Gasteiger partial charge in [0.15, 0.2) is 5.11 Å². The molecule has 2 atom stereocenters. The molecule has 9 heteroatoms. The first-order valence-electron chi connectivity index (χ1n) is 12.6. The van der Waals surface area contributed by atoms with Crippen LogP contribution in [0.4, 0.5) is 5.69 Å². The Morgan fingerprint density at radius 2 is 1.82 bits per heavy atom. The molecule has 1 aliphatic heterocycles. The number of rotatable bonds is 7. The number of aromatic nitrogens is 3. The Hall–Kier alpha value is -4.27. The van der Waals surface area contributed by atoms with Crippen LogP contribution in [0.15, 0.2) is 104 Å². The van der Waals surface area contributed by atoms with Crippen LogP contribution in [0.3, 0.4) is 0 Å². The first kappa shape index (κ1) is 25.0. The molecule has 39 heavy (non-hydrogen) atoms. The van der Waals surface area contributed by atoms with Gasteiger partial charge in [0.25, 0.3) is 0 Å². The van der Waals surface area contributed by atoms with E-state index < -0.39 is 0 Å². The maximum atomic E-state index is 13.1. The SMILES string of the molecule is O=C(CCN1C(=S)N[C@H](c2ccccn2)[C@@H]1c1cccn1-c1ccc(Cl)cn1)Nc1cccc2ccccc12. The summed E-state index contributed by atoms with van der Waals surface area (Å²) < 4.78 is 2.02. The van der Waals surface area contributed by atoms with Crippen LogP contribution >= 0.6 is 23.8 Å². The Morgan fingerprint density at radius 3 is 2.64 bits per heavy atom. The van der Waals surface area contributed by atoms with Gasteiger partial charge in [0.2, 0.25) is 5.91 Å². The lowest BCUT2D eigenvalue weighted by molar-refractivity contribution is -0.116. The minimum atomic E-state index is -0.217. The topological polar surface area (TPSA) is 75.1 Å². The number of thiocarbonyl (C=S) groups is 1. The number of anilines is 1. The van der Waals surface area contributed by atoms with Crippen LogP contribution in [0.5, 0.6) is 0 Å². The third kappa shape index (κ3) is 5.08. The lowest BCUT2D eigenvalue weighted by atomic mass is 10.0. The molecular formula is C30H25ClN6OS. The van der Waals surface area contributed by atoms with Gasteiger partial charge >= 0.3 is 0 Å². The van der Waals surface area contributed by atoms with Gasteiger partial charge in [-0.2, -0.15) is 0 Å². The second-order valence-electron chi connectivity index (χ2n) is 9.28. The van der Waals surface area contributed by atoms with E-state index in [-0.39, 0.29) is 24.4 Å². The average Bonchev–Trinajstić information content (AvgIpc) is 3.57. The smallest absolute Gasteiger partial charge is 0.226 e. The van der Waals surface area contributed by atoms with Crippen molar-refractivity contribution in [3.8, 4) is 5.82 Å². The Kier molecular flexibility index (Phi) is 6.96. The van der Waals surface area contributed by atoms with Crippen molar-refractivity contribution < 1.29 is 4.79 Å². The highest BCUT2D eigenvalue weighted by Gasteiger charge is 2.41. The average molecular weight is 553 g/mol. The van der Waals surface area contributed by atoms with Gasteiger partial charge in [-0.25, -0.2) is 4.98 Å². The molecule has 2 aromatic carbocycles. The number of carbonyl (C=O) groups excluding carboxylic acids is 1. The molecule has 4 heterocycles. The fraction of sp³-hybridized carbons (Fsp3) is 0.133. The molecule has 0 saturated carbocycles. The van der Waals surface area contributed by atoms with Gasteiger partial charge < -0.3 is 20.1 Å². The Balaban J connectivity index is 1.29. The molecule has 0 unspecified atom stereocenters. The molecular weight excluding hydrogens is 528 g/mol. The molecule has 1 aliphatic rings. The van der Waals surface area contributed by atoms with Crippen molar-refractivity contribution in [1.82, 2.24) is 24.8 Å². The van der Waals surface area contributed by atoms with Crippen molar-refractivity contribution in [1.29, 1.82) is 0 Å². The first-order valence-corrected chi connectivity index (χ1v) is 13.4. The van der Waals surface area contributed by atoms with Crippen molar-refractivity contribution >= 4 is 51.3 Å². The number of nitrogens with zero attached hydrogens (tertiary/aromatic N) is 4. The minimum Gasteiger partial charge on any atom is -0.352 e. The molecule has 1 saturated heterocycles. The molecule has 3 aromatic heterocycles. The predicted molar refractivity (Wildman–Crippen MR) is 158 cm³/mol. The zero-order chi connectivity index (χ0) is 26.8. The lowest BCUT2D eigenvalue weighted by Gasteiger charge is -2.28. The van der Waals surface area contributed by atoms with E-state index in [0.717, 1.165) is 33.7 Å². The molecule has 0 spiro atoms. The number of hydrogen-bond acceptors (Lipinski definition) is 4. The predicted octanol–water partition coefficient (Wildman–Crippen LogP) is 6.08. The summed E-state index contributed by atoms with van der Waals surface area (Å²) in [4.78, 5) is 24.3. The number of benzene rings is 2. The number of halogens is 1. The van der Waals surface area contributed by atoms with Crippen molar-refractivity contribution in [3.05, 3.63) is 120 Å². The highest BCUT2D eigenvalue weighted by Crippen LogP contribution is 2.39. The summed E-state index contributed by atoms with van der Waals surface area (Å²) in [6.07, 6.45) is 5.63. The zero-order valence-electron chi connectivity index (χ0n) is 20.9. The summed E-state index contributed by atoms with van der Waals surface area (Å²) >= 11 is 11.9. The second-order valence-corrected chi connectivity index (χ2v) is 10.1. The third-order valence-electron chi connectivity index (χ3n) is 6.88. The maximum absolute atomic E-state index is 13.1. The number of carbonyl (C=O) groups is 1. The molecule has 0 radical (unpaired) electrons. The summed E-state index contributed by atoms with van der Waals surface area (Å²) in [7, 11) is 0. The number of fused-ring (bicyclic) bond motifs is 1. The second kappa shape index (κ2) is 10.8. The van der Waals surface area contributed by atoms with Crippen molar-refractivity contribution in [2.45, 2.75) is 18.5 Å². The van der Waals surface area contributed by atoms with Crippen LogP contribution < -0.4 is 10.6 Å². The van der Waals surface area contributed by atoms with Crippen LogP contribution in [0.25, 0.3) is 16.6 Å². The molecule has 0 aliphatic carbocycles. The van der Waals surface area contributed by atoms with Crippen molar-refractivity contribution in [2.75, 3.05) is 11.9 Å². The number of nitrogens with one attached hydrogen (secondary N) is 2. The first-order chi connectivity index (χ1) is 19.1. The summed E-state index contributed by atoms with van der Waals surface area (Å²) in [5, 5.41) is 9.77. The molecule has 7 nitrogen and oxygen atoms in total. The molecule has 2 N–H and O–H groups in total. The van der Waals surface area contributed by atoms with Gasteiger partial charge in [-0.05, 0) is 60.1 Å². The van der Waals surface area contributed by atoms with E-state index in [4.69, 9.17) is 23.8 Å². The van der Waals surface area contributed by atoms with E-state index in [1.165, 1.54) is 0 Å². The van der Waals surface area contributed by atoms with Crippen LogP contribution in [-0.4, -0.2) is 37.0 Å². The van der Waals surface area contributed by atoms with E-state index in [2.05, 4.69) is 31.6 Å². The van der Waals surface area contributed by atoms with Gasteiger partial charge in [-0.3, -0.25) is 9.78 Å². The van der Waals surface area contributed by atoms with Crippen LogP contribution in [0.2, 0.25) is 5.02 Å². The van der Waals surface area contributed by atoms with Gasteiger partial charge in [0.1, 0.15) is 5.82 Å². The molecule has 1 fully saturated rings. The van der Waals surface area contributed by atoms with E-state index in [9.17, 15) is 4.79 Å². The molecule has 1 amide bonds. The largest absolute Gasteiger partial charge is 0.352 e. The number of amides is 1. The summed E-state index contributed by atoms with van der Waals surface area (Å²) in [5.41, 5.74) is 2.64. The Labute approximate surface area is 236 Å². The van der Waals surface area contributed by atoms with Gasteiger partial charge in [0, 0.05) is 48.3 Å². The summed E-state index contributed by atoms with van der Waals surface area (Å²) in [6.45, 7) is 0.426. The van der Waals surface area contributed by atoms with Crippen molar-refractivity contribution in [3.63, 3.8) is 0 Å². The van der Waals surface area contributed by atoms with Gasteiger partial charge in [0.05, 0.1) is 22.8 Å². The highest BCUT2D eigenvalue weighted by atomic mass is 35.5. The van der Waals surface area contributed by atoms with Crippen LogP contribution in [0.1, 0.15) is 29.9 Å². The quantitative estimate of drug-likeness (QED) is 0.239. The van der Waals surface area contributed by atoms with Gasteiger partial charge in [-0.1, -0.05) is 54.1 Å². The van der Waals surface area contributed by atoms with Crippen LogP contribution in [-0.2, 0) is 4.79 Å². The lowest BCUT2D eigenvalue weighted by Crippen LogP contribution is -2.33. The fourth-order valence-electron chi connectivity index (χ4n) is 5.09. The fourth-order valence-corrected chi connectivity index (χ4v) is 5.53. The molecule has 194 valence electrons. The number of pyridine rings is 2. The molecule has 5 aromatic rings. The summed E-state index contributed by atoms with van der Waals surface area (Å²) in [5.74, 6) is 0.662. The summed E-state index contributed by atoms with van der Waals surface area (Å²) in [6, 6.07) is 27.1. The minimum absolute atomic E-state index is 0.0797. The van der Waals surface area contributed by atoms with E-state index in [1.54, 1.807) is 12.4 Å². The Morgan fingerprint density at radius 1 is 0.974 bits per heavy atom.